The van der Waals surface area contributed by atoms with Crippen LogP contribution in [0.5, 0.6) is 5.75 Å². The summed E-state index contributed by atoms with van der Waals surface area (Å²) in [4.78, 5) is 11.8. The summed E-state index contributed by atoms with van der Waals surface area (Å²) >= 11 is 0. The molecular formula is C21H22N2O4. The number of benzene rings is 2. The van der Waals surface area contributed by atoms with Gasteiger partial charge in [-0.05, 0) is 29.8 Å². The number of ether oxygens (including phenoxy) is 1. The average molecular weight is 366 g/mol. The van der Waals surface area contributed by atoms with E-state index in [9.17, 15) is 9.90 Å². The van der Waals surface area contributed by atoms with Crippen molar-refractivity contribution in [1.29, 1.82) is 0 Å². The molecule has 0 fully saturated rings. The number of carbonyl (C=O) groups is 1. The predicted molar refractivity (Wildman–Crippen MR) is 102 cm³/mol. The van der Waals surface area contributed by atoms with Gasteiger partial charge in [-0.2, -0.15) is 0 Å². The van der Waals surface area contributed by atoms with E-state index in [1.807, 2.05) is 66.7 Å². The quantitative estimate of drug-likeness (QED) is 0.534. The molecule has 1 atom stereocenters. The first kappa shape index (κ1) is 18.5. The predicted octanol–water partition coefficient (Wildman–Crippen LogP) is 3.36. The molecule has 27 heavy (non-hydrogen) atoms. The third kappa shape index (κ3) is 5.62. The third-order valence-electron chi connectivity index (χ3n) is 3.96. The number of aliphatic hydroxyl groups excluding tert-OH is 1. The van der Waals surface area contributed by atoms with Gasteiger partial charge in [-0.25, -0.2) is 4.79 Å². The van der Waals surface area contributed by atoms with E-state index in [0.29, 0.717) is 13.2 Å². The molecule has 1 aromatic heterocycles. The van der Waals surface area contributed by atoms with Gasteiger partial charge in [-0.15, -0.1) is 0 Å². The molecule has 2 amide bonds. The van der Waals surface area contributed by atoms with Crippen molar-refractivity contribution in [2.24, 2.45) is 0 Å². The summed E-state index contributed by atoms with van der Waals surface area (Å²) < 4.78 is 10.8. The zero-order chi connectivity index (χ0) is 18.9. The summed E-state index contributed by atoms with van der Waals surface area (Å²) in [5, 5.41) is 15.6. The van der Waals surface area contributed by atoms with Crippen LogP contribution in [0.15, 0.2) is 77.4 Å². The Labute approximate surface area is 157 Å². The SMILES string of the molecule is O=C(NCCOc1ccccc1)NCC(O)c1ccc(-c2ccco2)cc1. The van der Waals surface area contributed by atoms with Gasteiger partial charge < -0.3 is 24.9 Å². The largest absolute Gasteiger partial charge is 0.492 e. The molecule has 3 aromatic rings. The van der Waals surface area contributed by atoms with Gasteiger partial charge in [0.15, 0.2) is 0 Å². The van der Waals surface area contributed by atoms with Crippen molar-refractivity contribution in [3.63, 3.8) is 0 Å². The van der Waals surface area contributed by atoms with Crippen LogP contribution in [0.1, 0.15) is 11.7 Å². The van der Waals surface area contributed by atoms with Gasteiger partial charge in [0.1, 0.15) is 18.1 Å². The van der Waals surface area contributed by atoms with Crippen molar-refractivity contribution >= 4 is 6.03 Å². The van der Waals surface area contributed by atoms with Crippen LogP contribution in [0.3, 0.4) is 0 Å². The number of aliphatic hydroxyl groups is 1. The maximum atomic E-state index is 11.8. The van der Waals surface area contributed by atoms with E-state index in [1.165, 1.54) is 0 Å². The van der Waals surface area contributed by atoms with Crippen LogP contribution in [0.25, 0.3) is 11.3 Å². The summed E-state index contributed by atoms with van der Waals surface area (Å²) in [7, 11) is 0. The van der Waals surface area contributed by atoms with Crippen molar-refractivity contribution in [1.82, 2.24) is 10.6 Å². The van der Waals surface area contributed by atoms with Gasteiger partial charge in [0.2, 0.25) is 0 Å². The maximum Gasteiger partial charge on any atom is 0.315 e. The van der Waals surface area contributed by atoms with E-state index < -0.39 is 6.10 Å². The molecule has 0 aliphatic carbocycles. The molecule has 6 nitrogen and oxygen atoms in total. The van der Waals surface area contributed by atoms with E-state index in [0.717, 1.165) is 22.6 Å². The van der Waals surface area contributed by atoms with Crippen LogP contribution < -0.4 is 15.4 Å². The van der Waals surface area contributed by atoms with E-state index >= 15 is 0 Å². The van der Waals surface area contributed by atoms with Crippen molar-refractivity contribution in [3.8, 4) is 17.1 Å². The number of para-hydroxylation sites is 1. The Morgan fingerprint density at radius 3 is 2.48 bits per heavy atom. The number of rotatable bonds is 8. The molecule has 3 rings (SSSR count). The molecule has 1 unspecified atom stereocenters. The molecule has 2 aromatic carbocycles. The molecule has 0 radical (unpaired) electrons. The smallest absolute Gasteiger partial charge is 0.315 e. The van der Waals surface area contributed by atoms with Crippen LogP contribution in [-0.2, 0) is 0 Å². The van der Waals surface area contributed by atoms with E-state index in [-0.39, 0.29) is 12.6 Å². The molecule has 0 spiro atoms. The lowest BCUT2D eigenvalue weighted by Crippen LogP contribution is -2.39. The van der Waals surface area contributed by atoms with Gasteiger partial charge in [0.25, 0.3) is 0 Å². The van der Waals surface area contributed by atoms with Crippen LogP contribution in [0, 0.1) is 0 Å². The van der Waals surface area contributed by atoms with Crippen LogP contribution in [0.4, 0.5) is 4.79 Å². The highest BCUT2D eigenvalue weighted by Gasteiger charge is 2.10. The van der Waals surface area contributed by atoms with Crippen molar-refractivity contribution in [2.45, 2.75) is 6.10 Å². The summed E-state index contributed by atoms with van der Waals surface area (Å²) in [6.45, 7) is 0.856. The van der Waals surface area contributed by atoms with Gasteiger partial charge in [-0.3, -0.25) is 0 Å². The zero-order valence-corrected chi connectivity index (χ0v) is 14.8. The lowest BCUT2D eigenvalue weighted by Gasteiger charge is -2.13. The Morgan fingerprint density at radius 1 is 1.00 bits per heavy atom. The van der Waals surface area contributed by atoms with Crippen LogP contribution in [-0.4, -0.2) is 30.8 Å². The molecule has 1 heterocycles. The summed E-state index contributed by atoms with van der Waals surface area (Å²) in [5.41, 5.74) is 1.65. The summed E-state index contributed by atoms with van der Waals surface area (Å²) in [6.07, 6.45) is 0.827. The van der Waals surface area contributed by atoms with Crippen molar-refractivity contribution in [3.05, 3.63) is 78.6 Å². The number of carbonyl (C=O) groups excluding carboxylic acids is 1. The minimum Gasteiger partial charge on any atom is -0.492 e. The van der Waals surface area contributed by atoms with Crippen LogP contribution >= 0.6 is 0 Å². The Hall–Kier alpha value is -3.25. The van der Waals surface area contributed by atoms with Gasteiger partial charge in [-0.1, -0.05) is 42.5 Å². The Bertz CT molecular complexity index is 817. The highest BCUT2D eigenvalue weighted by atomic mass is 16.5. The normalized spacial score (nSPS) is 11.6. The number of urea groups is 1. The topological polar surface area (TPSA) is 83.7 Å². The molecule has 0 aliphatic heterocycles. The Morgan fingerprint density at radius 2 is 1.78 bits per heavy atom. The number of furan rings is 1. The van der Waals surface area contributed by atoms with Crippen LogP contribution in [0.2, 0.25) is 0 Å². The fraction of sp³-hybridized carbons (Fsp3) is 0.190. The molecule has 0 aliphatic rings. The highest BCUT2D eigenvalue weighted by Crippen LogP contribution is 2.22. The molecule has 0 saturated heterocycles. The van der Waals surface area contributed by atoms with Crippen molar-refractivity contribution < 1.29 is 19.1 Å². The second-order valence-electron chi connectivity index (χ2n) is 5.91. The molecule has 6 heteroatoms. The minimum atomic E-state index is -0.790. The Kier molecular flexibility index (Phi) is 6.49. The lowest BCUT2D eigenvalue weighted by molar-refractivity contribution is 0.173. The van der Waals surface area contributed by atoms with Crippen molar-refractivity contribution in [2.75, 3.05) is 19.7 Å². The summed E-state index contributed by atoms with van der Waals surface area (Å²) in [5.74, 6) is 1.53. The second-order valence-corrected chi connectivity index (χ2v) is 5.91. The van der Waals surface area contributed by atoms with E-state index in [2.05, 4.69) is 10.6 Å². The van der Waals surface area contributed by atoms with Gasteiger partial charge in [0.05, 0.1) is 18.9 Å². The maximum absolute atomic E-state index is 11.8. The number of amides is 2. The zero-order valence-electron chi connectivity index (χ0n) is 14.8. The standard InChI is InChI=1S/C21H22N2O4/c24-19(16-8-10-17(11-9-16)20-7-4-13-27-20)15-23-21(25)22-12-14-26-18-5-2-1-3-6-18/h1-11,13,19,24H,12,14-15H2,(H2,22,23,25). The fourth-order valence-corrected chi connectivity index (χ4v) is 2.53. The third-order valence-corrected chi connectivity index (χ3v) is 3.96. The number of nitrogens with one attached hydrogen (secondary N) is 2. The number of hydrogen-bond donors (Lipinski definition) is 3. The van der Waals surface area contributed by atoms with Gasteiger partial charge >= 0.3 is 6.03 Å². The molecular weight excluding hydrogens is 344 g/mol. The lowest BCUT2D eigenvalue weighted by atomic mass is 10.1. The molecule has 3 N–H and O–H groups in total. The van der Waals surface area contributed by atoms with E-state index in [4.69, 9.17) is 9.15 Å². The second kappa shape index (κ2) is 9.45. The first-order valence-corrected chi connectivity index (χ1v) is 8.74. The molecule has 0 bridgehead atoms. The van der Waals surface area contributed by atoms with Gasteiger partial charge in [0, 0.05) is 12.1 Å². The average Bonchev–Trinajstić information content (AvgIpc) is 3.25. The van der Waals surface area contributed by atoms with E-state index in [1.54, 1.807) is 6.26 Å². The summed E-state index contributed by atoms with van der Waals surface area (Å²) in [6, 6.07) is 20.1. The minimum absolute atomic E-state index is 0.117. The molecule has 0 saturated carbocycles. The number of hydrogen-bond acceptors (Lipinski definition) is 4. The highest BCUT2D eigenvalue weighted by molar-refractivity contribution is 5.73. The monoisotopic (exact) mass is 366 g/mol. The molecule has 140 valence electrons. The Balaban J connectivity index is 1.37. The first-order chi connectivity index (χ1) is 13.2. The fourth-order valence-electron chi connectivity index (χ4n) is 2.53. The first-order valence-electron chi connectivity index (χ1n) is 8.74.